The molecule has 100 valence electrons. The first-order chi connectivity index (χ1) is 8.14. The van der Waals surface area contributed by atoms with Crippen LogP contribution in [0.3, 0.4) is 0 Å². The quantitative estimate of drug-likeness (QED) is 0.726. The van der Waals surface area contributed by atoms with Gasteiger partial charge in [-0.25, -0.2) is 0 Å². The summed E-state index contributed by atoms with van der Waals surface area (Å²) in [5, 5.41) is 13.0. The molecule has 2 rings (SSSR count). The lowest BCUT2D eigenvalue weighted by Gasteiger charge is -2.33. The molecule has 1 spiro atoms. The lowest BCUT2D eigenvalue weighted by atomic mass is 9.92. The van der Waals surface area contributed by atoms with Crippen molar-refractivity contribution in [2.75, 3.05) is 13.2 Å². The SMILES string of the molecule is CCCCCC1CCCC12NC(C)(CO)CO2. The topological polar surface area (TPSA) is 41.5 Å². The van der Waals surface area contributed by atoms with E-state index in [1.54, 1.807) is 0 Å². The Morgan fingerprint density at radius 3 is 2.88 bits per heavy atom. The largest absolute Gasteiger partial charge is 0.394 e. The smallest absolute Gasteiger partial charge is 0.122 e. The zero-order valence-electron chi connectivity index (χ0n) is 11.3. The van der Waals surface area contributed by atoms with Gasteiger partial charge in [-0.05, 0) is 32.6 Å². The predicted molar refractivity (Wildman–Crippen MR) is 68.8 cm³/mol. The van der Waals surface area contributed by atoms with E-state index in [-0.39, 0.29) is 17.9 Å². The summed E-state index contributed by atoms with van der Waals surface area (Å²) in [6, 6.07) is 0. The molecule has 2 N–H and O–H groups in total. The fourth-order valence-corrected chi connectivity index (χ4v) is 3.38. The first-order valence-corrected chi connectivity index (χ1v) is 7.18. The van der Waals surface area contributed by atoms with Crippen molar-refractivity contribution in [1.29, 1.82) is 0 Å². The lowest BCUT2D eigenvalue weighted by molar-refractivity contribution is -0.0437. The van der Waals surface area contributed by atoms with Crippen molar-refractivity contribution >= 4 is 0 Å². The van der Waals surface area contributed by atoms with E-state index in [0.29, 0.717) is 12.5 Å². The summed E-state index contributed by atoms with van der Waals surface area (Å²) in [6.07, 6.45) is 8.82. The van der Waals surface area contributed by atoms with E-state index in [1.807, 2.05) is 0 Å². The van der Waals surface area contributed by atoms with Crippen LogP contribution in [0.5, 0.6) is 0 Å². The van der Waals surface area contributed by atoms with Crippen LogP contribution in [-0.4, -0.2) is 29.6 Å². The second kappa shape index (κ2) is 5.25. The van der Waals surface area contributed by atoms with E-state index < -0.39 is 0 Å². The Labute approximate surface area is 105 Å². The van der Waals surface area contributed by atoms with Gasteiger partial charge in [-0.15, -0.1) is 0 Å². The first-order valence-electron chi connectivity index (χ1n) is 7.18. The Balaban J connectivity index is 1.94. The third-order valence-corrected chi connectivity index (χ3v) is 4.43. The summed E-state index contributed by atoms with van der Waals surface area (Å²) >= 11 is 0. The van der Waals surface area contributed by atoms with Gasteiger partial charge >= 0.3 is 0 Å². The van der Waals surface area contributed by atoms with E-state index in [4.69, 9.17) is 4.74 Å². The Hall–Kier alpha value is -0.120. The summed E-state index contributed by atoms with van der Waals surface area (Å²) in [5.41, 5.74) is -0.349. The molecule has 1 heterocycles. The number of unbranched alkanes of at least 4 members (excludes halogenated alkanes) is 2. The molecule has 3 nitrogen and oxygen atoms in total. The molecule has 1 aliphatic carbocycles. The molecule has 17 heavy (non-hydrogen) atoms. The van der Waals surface area contributed by atoms with Gasteiger partial charge in [0.1, 0.15) is 5.72 Å². The number of hydrogen-bond donors (Lipinski definition) is 2. The molecule has 1 saturated carbocycles. The van der Waals surface area contributed by atoms with Crippen LogP contribution in [-0.2, 0) is 4.74 Å². The van der Waals surface area contributed by atoms with Crippen LogP contribution in [0.4, 0.5) is 0 Å². The Bertz CT molecular complexity index is 259. The maximum absolute atomic E-state index is 9.43. The molecule has 2 aliphatic rings. The van der Waals surface area contributed by atoms with E-state index in [2.05, 4.69) is 19.2 Å². The van der Waals surface area contributed by atoms with Crippen LogP contribution in [0.25, 0.3) is 0 Å². The van der Waals surface area contributed by atoms with Crippen molar-refractivity contribution in [3.05, 3.63) is 0 Å². The van der Waals surface area contributed by atoms with Crippen molar-refractivity contribution < 1.29 is 9.84 Å². The maximum atomic E-state index is 9.43. The lowest BCUT2D eigenvalue weighted by Crippen LogP contribution is -2.53. The van der Waals surface area contributed by atoms with Crippen LogP contribution in [0.2, 0.25) is 0 Å². The van der Waals surface area contributed by atoms with Crippen LogP contribution in [0, 0.1) is 5.92 Å². The molecule has 3 unspecified atom stereocenters. The van der Waals surface area contributed by atoms with Gasteiger partial charge in [-0.1, -0.05) is 26.2 Å². The molecule has 3 heteroatoms. The maximum Gasteiger partial charge on any atom is 0.122 e. The highest BCUT2D eigenvalue weighted by molar-refractivity contribution is 5.03. The minimum atomic E-state index is -0.229. The highest BCUT2D eigenvalue weighted by atomic mass is 16.5. The number of hydrogen-bond acceptors (Lipinski definition) is 3. The van der Waals surface area contributed by atoms with Crippen LogP contribution < -0.4 is 5.32 Å². The monoisotopic (exact) mass is 241 g/mol. The minimum absolute atomic E-state index is 0.120. The van der Waals surface area contributed by atoms with Gasteiger partial charge in [-0.2, -0.15) is 0 Å². The van der Waals surface area contributed by atoms with Crippen molar-refractivity contribution in [3.63, 3.8) is 0 Å². The Kier molecular flexibility index (Phi) is 4.11. The summed E-state index contributed by atoms with van der Waals surface area (Å²) in [7, 11) is 0. The summed E-state index contributed by atoms with van der Waals surface area (Å²) in [6.45, 7) is 5.12. The summed E-state index contributed by atoms with van der Waals surface area (Å²) < 4.78 is 6.08. The van der Waals surface area contributed by atoms with Gasteiger partial charge in [0.25, 0.3) is 0 Å². The zero-order valence-corrected chi connectivity index (χ0v) is 11.3. The highest BCUT2D eigenvalue weighted by Gasteiger charge is 2.52. The normalized spacial score (nSPS) is 41.5. The van der Waals surface area contributed by atoms with Gasteiger partial charge in [0.15, 0.2) is 0 Å². The summed E-state index contributed by atoms with van der Waals surface area (Å²) in [4.78, 5) is 0. The van der Waals surface area contributed by atoms with Gasteiger partial charge in [0.2, 0.25) is 0 Å². The average molecular weight is 241 g/mol. The summed E-state index contributed by atoms with van der Waals surface area (Å²) in [5.74, 6) is 0.641. The van der Waals surface area contributed by atoms with Crippen molar-refractivity contribution in [2.24, 2.45) is 5.92 Å². The van der Waals surface area contributed by atoms with E-state index in [0.717, 1.165) is 6.42 Å². The number of nitrogens with one attached hydrogen (secondary N) is 1. The van der Waals surface area contributed by atoms with Crippen molar-refractivity contribution in [2.45, 2.75) is 70.1 Å². The predicted octanol–water partition coefficient (Wildman–Crippen LogP) is 2.43. The van der Waals surface area contributed by atoms with Crippen LogP contribution >= 0.6 is 0 Å². The molecule has 0 aromatic rings. The Morgan fingerprint density at radius 2 is 2.24 bits per heavy atom. The van der Waals surface area contributed by atoms with Gasteiger partial charge < -0.3 is 9.84 Å². The highest BCUT2D eigenvalue weighted by Crippen LogP contribution is 2.44. The number of aliphatic hydroxyl groups excluding tert-OH is 1. The number of rotatable bonds is 5. The zero-order chi connectivity index (χ0) is 12.4. The number of ether oxygens (including phenoxy) is 1. The standard InChI is InChI=1S/C14H27NO2/c1-3-4-5-7-12-8-6-9-14(12)15-13(2,10-16)11-17-14/h12,15-16H,3-11H2,1-2H3. The molecular formula is C14H27NO2. The van der Waals surface area contributed by atoms with Gasteiger partial charge in [0, 0.05) is 5.92 Å². The molecular weight excluding hydrogens is 214 g/mol. The van der Waals surface area contributed by atoms with Crippen molar-refractivity contribution in [3.8, 4) is 0 Å². The third kappa shape index (κ3) is 2.67. The molecule has 0 aromatic carbocycles. The Morgan fingerprint density at radius 1 is 1.41 bits per heavy atom. The molecule has 3 atom stereocenters. The van der Waals surface area contributed by atoms with E-state index in [1.165, 1.54) is 38.5 Å². The minimum Gasteiger partial charge on any atom is -0.394 e. The fourth-order valence-electron chi connectivity index (χ4n) is 3.38. The molecule has 0 amide bonds. The van der Waals surface area contributed by atoms with Gasteiger partial charge in [-0.3, -0.25) is 5.32 Å². The second-order valence-electron chi connectivity index (χ2n) is 6.11. The molecule has 1 aliphatic heterocycles. The molecule has 0 aromatic heterocycles. The van der Waals surface area contributed by atoms with E-state index in [9.17, 15) is 5.11 Å². The molecule has 2 fully saturated rings. The average Bonchev–Trinajstić information content (AvgIpc) is 2.87. The fraction of sp³-hybridized carbons (Fsp3) is 1.00. The molecule has 1 saturated heterocycles. The van der Waals surface area contributed by atoms with Crippen LogP contribution in [0.1, 0.15) is 58.8 Å². The van der Waals surface area contributed by atoms with E-state index >= 15 is 0 Å². The molecule has 0 bridgehead atoms. The van der Waals surface area contributed by atoms with Crippen LogP contribution in [0.15, 0.2) is 0 Å². The van der Waals surface area contributed by atoms with Crippen molar-refractivity contribution in [1.82, 2.24) is 5.32 Å². The third-order valence-electron chi connectivity index (χ3n) is 4.43. The molecule has 0 radical (unpaired) electrons. The van der Waals surface area contributed by atoms with Gasteiger partial charge in [0.05, 0.1) is 18.8 Å². The first kappa shape index (κ1) is 13.3. The second-order valence-corrected chi connectivity index (χ2v) is 6.11. The number of aliphatic hydroxyl groups is 1.